The van der Waals surface area contributed by atoms with Crippen molar-refractivity contribution in [1.82, 2.24) is 4.98 Å². The van der Waals surface area contributed by atoms with Gasteiger partial charge < -0.3 is 10.6 Å². The van der Waals surface area contributed by atoms with Crippen LogP contribution in [0.25, 0.3) is 0 Å². The molecule has 0 saturated carbocycles. The maximum atomic E-state index is 7.54. The number of hydrogen-bond donors (Lipinski definition) is 2. The first-order chi connectivity index (χ1) is 8.68. The number of nitrogen functional groups attached to an aromatic ring is 1. The van der Waals surface area contributed by atoms with Crippen molar-refractivity contribution in [3.05, 3.63) is 59.9 Å². The standard InChI is InChI=1S/C14H16N4/c1-18(10-11-6-3-2-4-7-11)12-8-5-9-17-13(12)14(15)16/h2-9H,10H2,1H3,(H3,15,16). The first-order valence-electron chi connectivity index (χ1n) is 5.73. The van der Waals surface area contributed by atoms with Crippen LogP contribution in [0.4, 0.5) is 5.69 Å². The zero-order chi connectivity index (χ0) is 13.0. The lowest BCUT2D eigenvalue weighted by molar-refractivity contribution is 0.915. The minimum atomic E-state index is -0.00879. The second-order valence-electron chi connectivity index (χ2n) is 4.13. The van der Waals surface area contributed by atoms with E-state index in [0.717, 1.165) is 12.2 Å². The second-order valence-corrected chi connectivity index (χ2v) is 4.13. The lowest BCUT2D eigenvalue weighted by Crippen LogP contribution is -2.23. The van der Waals surface area contributed by atoms with Gasteiger partial charge in [0.25, 0.3) is 0 Å². The molecule has 0 saturated heterocycles. The number of rotatable bonds is 4. The molecule has 0 radical (unpaired) electrons. The Balaban J connectivity index is 2.24. The Morgan fingerprint density at radius 2 is 1.94 bits per heavy atom. The number of amidine groups is 1. The van der Waals surface area contributed by atoms with Crippen molar-refractivity contribution in [2.75, 3.05) is 11.9 Å². The van der Waals surface area contributed by atoms with E-state index in [9.17, 15) is 0 Å². The number of nitrogens with one attached hydrogen (secondary N) is 1. The minimum Gasteiger partial charge on any atom is -0.382 e. The largest absolute Gasteiger partial charge is 0.382 e. The van der Waals surface area contributed by atoms with Gasteiger partial charge in [0, 0.05) is 19.8 Å². The van der Waals surface area contributed by atoms with Crippen LogP contribution in [0.5, 0.6) is 0 Å². The Labute approximate surface area is 107 Å². The molecule has 0 unspecified atom stereocenters. The van der Waals surface area contributed by atoms with Crippen molar-refractivity contribution >= 4 is 11.5 Å². The zero-order valence-corrected chi connectivity index (χ0v) is 10.3. The lowest BCUT2D eigenvalue weighted by atomic mass is 10.2. The SMILES string of the molecule is CN(Cc1ccccc1)c1cccnc1C(=N)N. The summed E-state index contributed by atoms with van der Waals surface area (Å²) in [5.74, 6) is -0.00879. The number of hydrogen-bond acceptors (Lipinski definition) is 3. The van der Waals surface area contributed by atoms with Gasteiger partial charge in [-0.25, -0.2) is 0 Å². The van der Waals surface area contributed by atoms with Crippen molar-refractivity contribution in [3.63, 3.8) is 0 Å². The van der Waals surface area contributed by atoms with E-state index in [1.54, 1.807) is 6.20 Å². The molecule has 0 aliphatic heterocycles. The molecule has 0 aliphatic carbocycles. The predicted octanol–water partition coefficient (Wildman–Crippen LogP) is 2.00. The maximum absolute atomic E-state index is 7.54. The average molecular weight is 240 g/mol. The highest BCUT2D eigenvalue weighted by atomic mass is 15.1. The van der Waals surface area contributed by atoms with Crippen LogP contribution in [0.15, 0.2) is 48.7 Å². The van der Waals surface area contributed by atoms with Crippen LogP contribution in [0, 0.1) is 5.41 Å². The predicted molar refractivity (Wildman–Crippen MR) is 73.8 cm³/mol. The van der Waals surface area contributed by atoms with Gasteiger partial charge in [-0.05, 0) is 17.7 Å². The molecule has 0 spiro atoms. The lowest BCUT2D eigenvalue weighted by Gasteiger charge is -2.21. The van der Waals surface area contributed by atoms with E-state index in [2.05, 4.69) is 17.1 Å². The van der Waals surface area contributed by atoms with Crippen molar-refractivity contribution < 1.29 is 0 Å². The molecule has 1 aromatic heterocycles. The van der Waals surface area contributed by atoms with Gasteiger partial charge in [-0.1, -0.05) is 30.3 Å². The van der Waals surface area contributed by atoms with Gasteiger partial charge in [0.15, 0.2) is 0 Å². The van der Waals surface area contributed by atoms with Gasteiger partial charge >= 0.3 is 0 Å². The molecule has 2 aromatic rings. The highest BCUT2D eigenvalue weighted by molar-refractivity contribution is 5.98. The molecule has 4 heteroatoms. The van der Waals surface area contributed by atoms with Crippen molar-refractivity contribution in [1.29, 1.82) is 5.41 Å². The van der Waals surface area contributed by atoms with Crippen LogP contribution in [0.1, 0.15) is 11.3 Å². The maximum Gasteiger partial charge on any atom is 0.143 e. The summed E-state index contributed by atoms with van der Waals surface area (Å²) in [4.78, 5) is 6.19. The molecule has 3 N–H and O–H groups in total. The molecule has 2 rings (SSSR count). The summed E-state index contributed by atoms with van der Waals surface area (Å²) in [7, 11) is 1.97. The first-order valence-corrected chi connectivity index (χ1v) is 5.73. The summed E-state index contributed by atoms with van der Waals surface area (Å²) < 4.78 is 0. The number of nitrogens with two attached hydrogens (primary N) is 1. The molecule has 0 amide bonds. The van der Waals surface area contributed by atoms with Crippen molar-refractivity contribution in [3.8, 4) is 0 Å². The monoisotopic (exact) mass is 240 g/mol. The van der Waals surface area contributed by atoms with E-state index in [1.165, 1.54) is 5.56 Å². The third-order valence-corrected chi connectivity index (χ3v) is 2.72. The molecule has 0 fully saturated rings. The van der Waals surface area contributed by atoms with Crippen molar-refractivity contribution in [2.24, 2.45) is 5.73 Å². The molecule has 0 bridgehead atoms. The zero-order valence-electron chi connectivity index (χ0n) is 10.3. The highest BCUT2D eigenvalue weighted by Gasteiger charge is 2.10. The fraction of sp³-hybridized carbons (Fsp3) is 0.143. The van der Waals surface area contributed by atoms with Crippen LogP contribution in [-0.2, 0) is 6.54 Å². The van der Waals surface area contributed by atoms with Gasteiger partial charge in [0.2, 0.25) is 0 Å². The fourth-order valence-corrected chi connectivity index (χ4v) is 1.85. The van der Waals surface area contributed by atoms with Gasteiger partial charge in [-0.2, -0.15) is 0 Å². The highest BCUT2D eigenvalue weighted by Crippen LogP contribution is 2.18. The first kappa shape index (κ1) is 12.1. The van der Waals surface area contributed by atoms with Crippen LogP contribution < -0.4 is 10.6 Å². The Morgan fingerprint density at radius 1 is 1.22 bits per heavy atom. The molecule has 1 aromatic carbocycles. The van der Waals surface area contributed by atoms with E-state index in [0.29, 0.717) is 5.69 Å². The Kier molecular flexibility index (Phi) is 3.57. The number of pyridine rings is 1. The van der Waals surface area contributed by atoms with Gasteiger partial charge in [-0.15, -0.1) is 0 Å². The number of nitrogens with zero attached hydrogens (tertiary/aromatic N) is 2. The third-order valence-electron chi connectivity index (χ3n) is 2.72. The van der Waals surface area contributed by atoms with E-state index in [-0.39, 0.29) is 5.84 Å². The second kappa shape index (κ2) is 5.31. The van der Waals surface area contributed by atoms with Gasteiger partial charge in [-0.3, -0.25) is 10.4 Å². The van der Waals surface area contributed by atoms with E-state index in [1.807, 2.05) is 42.3 Å². The summed E-state index contributed by atoms with van der Waals surface area (Å²) in [6, 6.07) is 13.9. The molecule has 1 heterocycles. The normalized spacial score (nSPS) is 10.1. The van der Waals surface area contributed by atoms with Gasteiger partial charge in [0.1, 0.15) is 11.5 Å². The molecular formula is C14H16N4. The summed E-state index contributed by atoms with van der Waals surface area (Å²) in [5, 5.41) is 7.54. The number of benzene rings is 1. The molecule has 0 aliphatic rings. The summed E-state index contributed by atoms with van der Waals surface area (Å²) in [6.07, 6.45) is 1.65. The van der Waals surface area contributed by atoms with Crippen LogP contribution >= 0.6 is 0 Å². The average Bonchev–Trinajstić information content (AvgIpc) is 2.40. The summed E-state index contributed by atoms with van der Waals surface area (Å²) >= 11 is 0. The third kappa shape index (κ3) is 2.66. The van der Waals surface area contributed by atoms with E-state index >= 15 is 0 Å². The Morgan fingerprint density at radius 3 is 2.61 bits per heavy atom. The van der Waals surface area contributed by atoms with Gasteiger partial charge in [0.05, 0.1) is 5.69 Å². The van der Waals surface area contributed by atoms with Crippen LogP contribution in [-0.4, -0.2) is 17.9 Å². The summed E-state index contributed by atoms with van der Waals surface area (Å²) in [6.45, 7) is 0.757. The van der Waals surface area contributed by atoms with E-state index in [4.69, 9.17) is 11.1 Å². The molecule has 4 nitrogen and oxygen atoms in total. The molecule has 18 heavy (non-hydrogen) atoms. The molecule has 0 atom stereocenters. The minimum absolute atomic E-state index is 0.00879. The summed E-state index contributed by atoms with van der Waals surface area (Å²) in [5.41, 5.74) is 8.14. The van der Waals surface area contributed by atoms with Crippen LogP contribution in [0.3, 0.4) is 0 Å². The number of anilines is 1. The Bertz CT molecular complexity index is 537. The molecule has 92 valence electrons. The smallest absolute Gasteiger partial charge is 0.143 e. The molecular weight excluding hydrogens is 224 g/mol. The van der Waals surface area contributed by atoms with Crippen molar-refractivity contribution in [2.45, 2.75) is 6.54 Å². The van der Waals surface area contributed by atoms with Crippen LogP contribution in [0.2, 0.25) is 0 Å². The number of aromatic nitrogens is 1. The topological polar surface area (TPSA) is 66.0 Å². The quantitative estimate of drug-likeness (QED) is 0.634. The Hall–Kier alpha value is -2.36. The fourth-order valence-electron chi connectivity index (χ4n) is 1.85. The van der Waals surface area contributed by atoms with E-state index < -0.39 is 0 Å².